The van der Waals surface area contributed by atoms with Gasteiger partial charge < -0.3 is 0 Å². The Morgan fingerprint density at radius 2 is 1.86 bits per heavy atom. The van der Waals surface area contributed by atoms with E-state index in [0.29, 0.717) is 4.31 Å². The molecular formula is C10H13FN2O6S2. The number of nitro groups is 1. The fourth-order valence-corrected chi connectivity index (χ4v) is 3.52. The van der Waals surface area contributed by atoms with Gasteiger partial charge in [-0.05, 0) is 12.1 Å². The van der Waals surface area contributed by atoms with E-state index in [2.05, 4.69) is 0 Å². The van der Waals surface area contributed by atoms with Crippen LogP contribution < -0.4 is 0 Å². The molecule has 0 saturated carbocycles. The Labute approximate surface area is 121 Å². The molecule has 0 fully saturated rings. The number of para-hydroxylation sites is 1. The summed E-state index contributed by atoms with van der Waals surface area (Å²) in [6.07, 6.45) is 0.929. The van der Waals surface area contributed by atoms with Crippen molar-refractivity contribution in [3.63, 3.8) is 0 Å². The molecule has 1 aromatic carbocycles. The van der Waals surface area contributed by atoms with Crippen molar-refractivity contribution in [2.75, 3.05) is 25.6 Å². The van der Waals surface area contributed by atoms with E-state index < -0.39 is 53.5 Å². The summed E-state index contributed by atoms with van der Waals surface area (Å²) in [7, 11) is -6.72. The van der Waals surface area contributed by atoms with E-state index >= 15 is 0 Å². The van der Waals surface area contributed by atoms with E-state index in [0.717, 1.165) is 31.5 Å². The van der Waals surface area contributed by atoms with Crippen molar-refractivity contribution in [2.24, 2.45) is 0 Å². The monoisotopic (exact) mass is 340 g/mol. The van der Waals surface area contributed by atoms with Crippen LogP contribution in [0, 0.1) is 15.9 Å². The third-order valence-electron chi connectivity index (χ3n) is 2.60. The third kappa shape index (κ3) is 4.19. The number of nitrogens with zero attached hydrogens (tertiary/aromatic N) is 2. The fraction of sp³-hybridized carbons (Fsp3) is 0.400. The van der Waals surface area contributed by atoms with Gasteiger partial charge >= 0.3 is 5.69 Å². The highest BCUT2D eigenvalue weighted by molar-refractivity contribution is 7.91. The number of hydrogen-bond acceptors (Lipinski definition) is 6. The second kappa shape index (κ2) is 6.03. The fourth-order valence-electron chi connectivity index (χ4n) is 1.46. The SMILES string of the molecule is CN(CCS(C)(=O)=O)S(=O)(=O)c1cccc(F)c1[N+](=O)[O-]. The second-order valence-electron chi connectivity index (χ2n) is 4.30. The highest BCUT2D eigenvalue weighted by Crippen LogP contribution is 2.28. The minimum atomic E-state index is -4.37. The van der Waals surface area contributed by atoms with Gasteiger partial charge in [0.15, 0.2) is 4.90 Å². The van der Waals surface area contributed by atoms with Crippen LogP contribution in [0.25, 0.3) is 0 Å². The predicted octanol–water partition coefficient (Wildman–Crippen LogP) is 0.399. The molecule has 0 saturated heterocycles. The van der Waals surface area contributed by atoms with Crippen LogP contribution in [-0.2, 0) is 19.9 Å². The molecular weight excluding hydrogens is 327 g/mol. The molecule has 1 rings (SSSR count). The van der Waals surface area contributed by atoms with Crippen LogP contribution in [0.1, 0.15) is 0 Å². The standard InChI is InChI=1S/C10H13FN2O6S2/c1-12(6-7-20(2,16)17)21(18,19)9-5-3-4-8(11)10(9)13(14)15/h3-5H,6-7H2,1-2H3. The summed E-state index contributed by atoms with van der Waals surface area (Å²) >= 11 is 0. The summed E-state index contributed by atoms with van der Waals surface area (Å²) in [5.74, 6) is -1.73. The molecule has 0 radical (unpaired) electrons. The van der Waals surface area contributed by atoms with E-state index in [1.807, 2.05) is 0 Å². The van der Waals surface area contributed by atoms with Gasteiger partial charge in [0.2, 0.25) is 15.8 Å². The Hall–Kier alpha value is -1.59. The van der Waals surface area contributed by atoms with Crippen molar-refractivity contribution in [1.82, 2.24) is 4.31 Å². The van der Waals surface area contributed by atoms with Crippen molar-refractivity contribution in [3.8, 4) is 0 Å². The summed E-state index contributed by atoms with van der Waals surface area (Å²) in [5.41, 5.74) is -1.16. The van der Waals surface area contributed by atoms with E-state index in [9.17, 15) is 31.3 Å². The normalized spacial score (nSPS) is 12.6. The number of sulfone groups is 1. The molecule has 1 aromatic rings. The maximum absolute atomic E-state index is 13.4. The second-order valence-corrected chi connectivity index (χ2v) is 8.57. The molecule has 0 bridgehead atoms. The molecule has 0 unspecified atom stereocenters. The van der Waals surface area contributed by atoms with Gasteiger partial charge in [0.05, 0.1) is 10.7 Å². The zero-order valence-electron chi connectivity index (χ0n) is 11.2. The highest BCUT2D eigenvalue weighted by atomic mass is 32.2. The molecule has 118 valence electrons. The number of sulfonamides is 1. The zero-order chi connectivity index (χ0) is 16.4. The summed E-state index contributed by atoms with van der Waals surface area (Å²) in [6.45, 7) is -0.394. The predicted molar refractivity (Wildman–Crippen MR) is 72.6 cm³/mol. The van der Waals surface area contributed by atoms with Gasteiger partial charge in [-0.1, -0.05) is 6.07 Å². The Morgan fingerprint density at radius 1 is 1.29 bits per heavy atom. The lowest BCUT2D eigenvalue weighted by Crippen LogP contribution is -2.32. The molecule has 0 N–H and O–H groups in total. The molecule has 0 heterocycles. The Bertz CT molecular complexity index is 760. The van der Waals surface area contributed by atoms with E-state index in [1.54, 1.807) is 0 Å². The average Bonchev–Trinajstić information content (AvgIpc) is 2.34. The lowest BCUT2D eigenvalue weighted by Gasteiger charge is -2.16. The van der Waals surface area contributed by atoms with Gasteiger partial charge in [0, 0.05) is 19.8 Å². The average molecular weight is 340 g/mol. The van der Waals surface area contributed by atoms with Crippen LogP contribution >= 0.6 is 0 Å². The summed E-state index contributed by atoms with van der Waals surface area (Å²) < 4.78 is 60.5. The van der Waals surface area contributed by atoms with Crippen LogP contribution in [0.3, 0.4) is 0 Å². The smallest absolute Gasteiger partial charge is 0.258 e. The van der Waals surface area contributed by atoms with Crippen LogP contribution in [0.15, 0.2) is 23.1 Å². The Morgan fingerprint density at radius 3 is 2.33 bits per heavy atom. The first-order valence-corrected chi connectivity index (χ1v) is 9.04. The highest BCUT2D eigenvalue weighted by Gasteiger charge is 2.32. The van der Waals surface area contributed by atoms with Gasteiger partial charge in [-0.15, -0.1) is 0 Å². The zero-order valence-corrected chi connectivity index (χ0v) is 12.8. The first-order valence-electron chi connectivity index (χ1n) is 5.54. The topological polar surface area (TPSA) is 115 Å². The van der Waals surface area contributed by atoms with Crippen molar-refractivity contribution in [2.45, 2.75) is 4.90 Å². The minimum absolute atomic E-state index is 0.394. The van der Waals surface area contributed by atoms with Crippen LogP contribution in [0.4, 0.5) is 10.1 Å². The number of benzene rings is 1. The molecule has 0 aromatic heterocycles. The molecule has 0 aliphatic rings. The number of nitro benzene ring substituents is 1. The molecule has 0 atom stereocenters. The summed E-state index contributed by atoms with van der Waals surface area (Å²) in [6, 6.07) is 2.70. The Kier molecular flexibility index (Phi) is 5.02. The molecule has 21 heavy (non-hydrogen) atoms. The molecule has 0 amide bonds. The minimum Gasteiger partial charge on any atom is -0.258 e. The lowest BCUT2D eigenvalue weighted by molar-refractivity contribution is -0.390. The first-order chi connectivity index (χ1) is 9.47. The van der Waals surface area contributed by atoms with Crippen molar-refractivity contribution in [3.05, 3.63) is 34.1 Å². The molecule has 0 aliphatic heterocycles. The third-order valence-corrected chi connectivity index (χ3v) is 5.41. The lowest BCUT2D eigenvalue weighted by atomic mass is 10.3. The molecule has 0 aliphatic carbocycles. The Balaban J connectivity index is 3.26. The van der Waals surface area contributed by atoms with Crippen LogP contribution in [0.2, 0.25) is 0 Å². The van der Waals surface area contributed by atoms with Crippen molar-refractivity contribution >= 4 is 25.5 Å². The number of hydrogen-bond donors (Lipinski definition) is 0. The molecule has 8 nitrogen and oxygen atoms in total. The quantitative estimate of drug-likeness (QED) is 0.547. The maximum Gasteiger partial charge on any atom is 0.324 e. The van der Waals surface area contributed by atoms with Gasteiger partial charge in [-0.2, -0.15) is 8.70 Å². The molecule has 11 heteroatoms. The number of rotatable bonds is 6. The van der Waals surface area contributed by atoms with Crippen LogP contribution in [0.5, 0.6) is 0 Å². The first kappa shape index (κ1) is 17.5. The van der Waals surface area contributed by atoms with E-state index in [4.69, 9.17) is 0 Å². The summed E-state index contributed by atoms with van der Waals surface area (Å²) in [5, 5.41) is 10.8. The van der Waals surface area contributed by atoms with Crippen molar-refractivity contribution < 1.29 is 26.1 Å². The van der Waals surface area contributed by atoms with Gasteiger partial charge in [-0.3, -0.25) is 10.1 Å². The van der Waals surface area contributed by atoms with Crippen LogP contribution in [-0.4, -0.2) is 51.7 Å². The summed E-state index contributed by atoms with van der Waals surface area (Å²) in [4.78, 5) is 8.87. The van der Waals surface area contributed by atoms with Gasteiger partial charge in [0.25, 0.3) is 0 Å². The largest absolute Gasteiger partial charge is 0.324 e. The van der Waals surface area contributed by atoms with Crippen molar-refractivity contribution in [1.29, 1.82) is 0 Å². The number of halogens is 1. The van der Waals surface area contributed by atoms with E-state index in [1.165, 1.54) is 0 Å². The van der Waals surface area contributed by atoms with Gasteiger partial charge in [-0.25, -0.2) is 16.8 Å². The van der Waals surface area contributed by atoms with Gasteiger partial charge in [0.1, 0.15) is 9.84 Å². The van der Waals surface area contributed by atoms with E-state index in [-0.39, 0.29) is 0 Å². The maximum atomic E-state index is 13.4. The molecule has 0 spiro atoms.